The van der Waals surface area contributed by atoms with Gasteiger partial charge in [-0.05, 0) is 26.7 Å². The Labute approximate surface area is 82.2 Å². The fourth-order valence-corrected chi connectivity index (χ4v) is 0.951. The Morgan fingerprint density at radius 2 is 1.25 bits per heavy atom. The number of ketones is 2. The molecule has 0 spiro atoms. The second kappa shape index (κ2) is 5.55. The molecule has 0 aliphatic carbocycles. The molecule has 0 aromatic rings. The van der Waals surface area contributed by atoms with Crippen molar-refractivity contribution >= 4 is 34.8 Å². The molecule has 0 aromatic carbocycles. The van der Waals surface area contributed by atoms with Crippen molar-refractivity contribution in [1.29, 1.82) is 0 Å². The summed E-state index contributed by atoms with van der Waals surface area (Å²) >= 11 is 11.3. The van der Waals surface area contributed by atoms with Crippen LogP contribution < -0.4 is 0 Å². The number of carbonyl (C=O) groups excluding carboxylic acids is 2. The van der Waals surface area contributed by atoms with E-state index in [1.54, 1.807) is 0 Å². The zero-order valence-corrected chi connectivity index (χ0v) is 8.65. The van der Waals surface area contributed by atoms with Crippen LogP contribution in [0.2, 0.25) is 0 Å². The van der Waals surface area contributed by atoms with E-state index >= 15 is 0 Å². The summed E-state index contributed by atoms with van der Waals surface area (Å²) in [5.74, 6) is -0.159. The summed E-state index contributed by atoms with van der Waals surface area (Å²) in [6, 6.07) is 0. The van der Waals surface area contributed by atoms with E-state index in [-0.39, 0.29) is 11.6 Å². The molecule has 0 rings (SSSR count). The maximum Gasteiger partial charge on any atom is 0.147 e. The number of halogens is 2. The van der Waals surface area contributed by atoms with Crippen molar-refractivity contribution in [2.24, 2.45) is 0 Å². The molecule has 0 saturated heterocycles. The summed E-state index contributed by atoms with van der Waals surface area (Å²) in [5, 5.41) is -1.02. The van der Waals surface area contributed by atoms with Crippen molar-refractivity contribution in [3.63, 3.8) is 0 Å². The average molecular weight is 211 g/mol. The van der Waals surface area contributed by atoms with Gasteiger partial charge in [-0.1, -0.05) is 0 Å². The molecule has 0 N–H and O–H groups in total. The van der Waals surface area contributed by atoms with Gasteiger partial charge in [-0.15, -0.1) is 23.2 Å². The van der Waals surface area contributed by atoms with Gasteiger partial charge in [-0.3, -0.25) is 9.59 Å². The third-order valence-corrected chi connectivity index (χ3v) is 2.61. The van der Waals surface area contributed by atoms with Crippen molar-refractivity contribution in [2.45, 2.75) is 37.4 Å². The highest BCUT2D eigenvalue weighted by Crippen LogP contribution is 2.13. The van der Waals surface area contributed by atoms with Crippen molar-refractivity contribution in [2.75, 3.05) is 0 Å². The first-order valence-corrected chi connectivity index (χ1v) is 4.61. The van der Waals surface area contributed by atoms with Gasteiger partial charge in [0.1, 0.15) is 11.6 Å². The number of carbonyl (C=O) groups is 2. The predicted molar refractivity (Wildman–Crippen MR) is 49.9 cm³/mol. The Morgan fingerprint density at radius 3 is 1.42 bits per heavy atom. The van der Waals surface area contributed by atoms with Crippen LogP contribution in [-0.4, -0.2) is 22.3 Å². The molecule has 0 bridgehead atoms. The zero-order chi connectivity index (χ0) is 9.72. The highest BCUT2D eigenvalue weighted by atomic mass is 35.5. The van der Waals surface area contributed by atoms with E-state index < -0.39 is 10.8 Å². The Balaban J connectivity index is 3.68. The van der Waals surface area contributed by atoms with Gasteiger partial charge in [0, 0.05) is 0 Å². The van der Waals surface area contributed by atoms with Crippen LogP contribution in [0.25, 0.3) is 0 Å². The minimum absolute atomic E-state index is 0.0796. The van der Waals surface area contributed by atoms with Gasteiger partial charge in [-0.2, -0.15) is 0 Å². The molecule has 4 heteroatoms. The molecule has 0 aliphatic heterocycles. The highest BCUT2D eigenvalue weighted by Gasteiger charge is 2.15. The lowest BCUT2D eigenvalue weighted by molar-refractivity contribution is -0.118. The lowest BCUT2D eigenvalue weighted by Gasteiger charge is -2.07. The molecule has 2 nitrogen and oxygen atoms in total. The van der Waals surface area contributed by atoms with Gasteiger partial charge in [0.15, 0.2) is 0 Å². The number of rotatable bonds is 5. The van der Waals surface area contributed by atoms with Crippen LogP contribution in [0, 0.1) is 0 Å². The molecule has 0 radical (unpaired) electrons. The normalized spacial score (nSPS) is 15.3. The van der Waals surface area contributed by atoms with E-state index in [1.165, 1.54) is 13.8 Å². The van der Waals surface area contributed by atoms with Gasteiger partial charge in [0.2, 0.25) is 0 Å². The Morgan fingerprint density at radius 1 is 1.00 bits per heavy atom. The molecule has 0 fully saturated rings. The summed E-state index contributed by atoms with van der Waals surface area (Å²) < 4.78 is 0. The van der Waals surface area contributed by atoms with Crippen LogP contribution in [-0.2, 0) is 9.59 Å². The van der Waals surface area contributed by atoms with E-state index in [4.69, 9.17) is 23.2 Å². The summed E-state index contributed by atoms with van der Waals surface area (Å²) in [5.41, 5.74) is 0. The van der Waals surface area contributed by atoms with Crippen LogP contribution in [0.15, 0.2) is 0 Å². The topological polar surface area (TPSA) is 34.1 Å². The maximum absolute atomic E-state index is 10.7. The first-order chi connectivity index (χ1) is 5.45. The summed E-state index contributed by atoms with van der Waals surface area (Å²) in [4.78, 5) is 21.3. The molecule has 0 saturated carbocycles. The first-order valence-electron chi connectivity index (χ1n) is 3.74. The summed E-state index contributed by atoms with van der Waals surface area (Å²) in [6.07, 6.45) is 0.926. The van der Waals surface area contributed by atoms with Crippen molar-refractivity contribution in [1.82, 2.24) is 0 Å². The summed E-state index contributed by atoms with van der Waals surface area (Å²) in [6.45, 7) is 2.85. The quantitative estimate of drug-likeness (QED) is 0.653. The third-order valence-electron chi connectivity index (χ3n) is 1.56. The maximum atomic E-state index is 10.7. The lowest BCUT2D eigenvalue weighted by Crippen LogP contribution is -2.16. The average Bonchev–Trinajstić information content (AvgIpc) is 1.98. The van der Waals surface area contributed by atoms with Crippen molar-refractivity contribution < 1.29 is 9.59 Å². The molecule has 2 unspecified atom stereocenters. The Bertz CT molecular complexity index is 160. The number of hydrogen-bond acceptors (Lipinski definition) is 2. The second-order valence-electron chi connectivity index (χ2n) is 2.73. The fraction of sp³-hybridized carbons (Fsp3) is 0.750. The van der Waals surface area contributed by atoms with Gasteiger partial charge in [0.05, 0.1) is 10.8 Å². The molecule has 0 aliphatic rings. The third kappa shape index (κ3) is 4.73. The van der Waals surface area contributed by atoms with Gasteiger partial charge in [-0.25, -0.2) is 0 Å². The van der Waals surface area contributed by atoms with Gasteiger partial charge in [0.25, 0.3) is 0 Å². The molecule has 0 heterocycles. The number of hydrogen-bond donors (Lipinski definition) is 0. The Kier molecular flexibility index (Phi) is 5.51. The second-order valence-corrected chi connectivity index (χ2v) is 3.79. The van der Waals surface area contributed by atoms with E-state index in [1.807, 2.05) is 0 Å². The van der Waals surface area contributed by atoms with E-state index in [9.17, 15) is 9.59 Å². The number of alkyl halides is 2. The van der Waals surface area contributed by atoms with Gasteiger partial charge < -0.3 is 0 Å². The van der Waals surface area contributed by atoms with E-state index in [2.05, 4.69) is 0 Å². The minimum atomic E-state index is -0.509. The van der Waals surface area contributed by atoms with Crippen LogP contribution in [0.4, 0.5) is 0 Å². The molecule has 0 amide bonds. The van der Waals surface area contributed by atoms with E-state index in [0.29, 0.717) is 12.8 Å². The van der Waals surface area contributed by atoms with Crippen molar-refractivity contribution in [3.8, 4) is 0 Å². The summed E-state index contributed by atoms with van der Waals surface area (Å²) in [7, 11) is 0. The van der Waals surface area contributed by atoms with Crippen LogP contribution >= 0.6 is 23.2 Å². The zero-order valence-electron chi connectivity index (χ0n) is 7.14. The van der Waals surface area contributed by atoms with Crippen LogP contribution in [0.5, 0.6) is 0 Å². The molecule has 2 atom stereocenters. The highest BCUT2D eigenvalue weighted by molar-refractivity contribution is 6.32. The van der Waals surface area contributed by atoms with E-state index in [0.717, 1.165) is 0 Å². The molecular formula is C8H12Cl2O2. The fourth-order valence-electron chi connectivity index (χ4n) is 0.699. The van der Waals surface area contributed by atoms with Crippen LogP contribution in [0.1, 0.15) is 26.7 Å². The monoisotopic (exact) mass is 210 g/mol. The van der Waals surface area contributed by atoms with Crippen LogP contribution in [0.3, 0.4) is 0 Å². The molecule has 0 aromatic heterocycles. The minimum Gasteiger partial charge on any atom is -0.298 e. The smallest absolute Gasteiger partial charge is 0.147 e. The molecule has 12 heavy (non-hydrogen) atoms. The first kappa shape index (κ1) is 11.9. The molecular weight excluding hydrogens is 199 g/mol. The molecule has 70 valence electrons. The predicted octanol–water partition coefficient (Wildman–Crippen LogP) is 2.16. The largest absolute Gasteiger partial charge is 0.298 e. The lowest BCUT2D eigenvalue weighted by atomic mass is 10.1. The van der Waals surface area contributed by atoms with Gasteiger partial charge >= 0.3 is 0 Å². The SMILES string of the molecule is CC(=O)C(Cl)CCC(Cl)C(C)=O. The Hall–Kier alpha value is -0.0800. The van der Waals surface area contributed by atoms with Crippen molar-refractivity contribution in [3.05, 3.63) is 0 Å². The standard InChI is InChI=1S/C8H12Cl2O2/c1-5(11)7(9)3-4-8(10)6(2)12/h7-8H,3-4H2,1-2H3. The number of Topliss-reactive ketones (excluding diaryl/α,β-unsaturated/α-hetero) is 2.